The van der Waals surface area contributed by atoms with Gasteiger partial charge in [0.15, 0.2) is 0 Å². The van der Waals surface area contributed by atoms with Crippen LogP contribution in [0.5, 0.6) is 0 Å². The zero-order chi connectivity index (χ0) is 8.27. The zero-order valence-electron chi connectivity index (χ0n) is 7.42. The predicted molar refractivity (Wildman–Crippen MR) is 48.2 cm³/mol. The fourth-order valence-corrected chi connectivity index (χ4v) is 1.56. The summed E-state index contributed by atoms with van der Waals surface area (Å²) in [4.78, 5) is 0. The summed E-state index contributed by atoms with van der Waals surface area (Å²) in [6.07, 6.45) is 6.27. The first-order valence-corrected chi connectivity index (χ1v) is 4.71. The molecule has 0 amide bonds. The summed E-state index contributed by atoms with van der Waals surface area (Å²) in [5.74, 6) is 0.814. The Morgan fingerprint density at radius 2 is 1.91 bits per heavy atom. The maximum Gasteiger partial charge on any atom is 0.00677 e. The Labute approximate surface area is 69.3 Å². The van der Waals surface area contributed by atoms with Crippen LogP contribution in [-0.2, 0) is 0 Å². The molecule has 2 heteroatoms. The Balaban J connectivity index is 2.05. The van der Waals surface area contributed by atoms with E-state index in [1.54, 1.807) is 0 Å². The van der Waals surface area contributed by atoms with Crippen molar-refractivity contribution < 1.29 is 0 Å². The summed E-state index contributed by atoms with van der Waals surface area (Å²) in [6.45, 7) is 2.05. The molecule has 0 aromatic carbocycles. The number of rotatable bonds is 4. The van der Waals surface area contributed by atoms with E-state index < -0.39 is 0 Å². The number of hydrogen-bond acceptors (Lipinski definition) is 2. The molecule has 0 radical (unpaired) electrons. The van der Waals surface area contributed by atoms with Crippen LogP contribution in [0, 0.1) is 5.92 Å². The van der Waals surface area contributed by atoms with Gasteiger partial charge in [-0.05, 0) is 38.5 Å². The molecule has 11 heavy (non-hydrogen) atoms. The topological polar surface area (TPSA) is 52.0 Å². The fraction of sp³-hybridized carbons (Fsp3) is 1.00. The van der Waals surface area contributed by atoms with Gasteiger partial charge in [-0.25, -0.2) is 0 Å². The van der Waals surface area contributed by atoms with E-state index >= 15 is 0 Å². The molecule has 0 saturated heterocycles. The molecule has 2 atom stereocenters. The van der Waals surface area contributed by atoms with E-state index in [9.17, 15) is 0 Å². The lowest BCUT2D eigenvalue weighted by atomic mass is 9.78. The average Bonchev–Trinajstić information content (AvgIpc) is 1.79. The van der Waals surface area contributed by atoms with Crippen molar-refractivity contribution in [2.75, 3.05) is 0 Å². The van der Waals surface area contributed by atoms with Crippen molar-refractivity contribution in [1.29, 1.82) is 0 Å². The second-order valence-corrected chi connectivity index (χ2v) is 3.91. The van der Waals surface area contributed by atoms with Crippen LogP contribution in [0.2, 0.25) is 0 Å². The minimum absolute atomic E-state index is 0.320. The van der Waals surface area contributed by atoms with Crippen LogP contribution < -0.4 is 11.5 Å². The van der Waals surface area contributed by atoms with Gasteiger partial charge in [-0.3, -0.25) is 0 Å². The van der Waals surface area contributed by atoms with Crippen LogP contribution in [0.3, 0.4) is 0 Å². The summed E-state index contributed by atoms with van der Waals surface area (Å²) >= 11 is 0. The van der Waals surface area contributed by atoms with Crippen molar-refractivity contribution in [3.05, 3.63) is 0 Å². The quantitative estimate of drug-likeness (QED) is 0.643. The van der Waals surface area contributed by atoms with E-state index in [1.165, 1.54) is 19.3 Å². The van der Waals surface area contributed by atoms with Gasteiger partial charge >= 0.3 is 0 Å². The lowest BCUT2D eigenvalue weighted by Crippen LogP contribution is -2.35. The molecular formula is C9H20N2. The Kier molecular flexibility index (Phi) is 3.34. The molecule has 2 unspecified atom stereocenters. The third-order valence-corrected chi connectivity index (χ3v) is 2.71. The standard InChI is InChI=1S/C9H20N2/c1-7(10)5-6-9(11)8-3-2-4-8/h7-9H,2-6,10-11H2,1H3. The highest BCUT2D eigenvalue weighted by Crippen LogP contribution is 2.30. The van der Waals surface area contributed by atoms with Crippen molar-refractivity contribution in [2.45, 2.75) is 51.1 Å². The van der Waals surface area contributed by atoms with Gasteiger partial charge in [0.1, 0.15) is 0 Å². The van der Waals surface area contributed by atoms with Crippen LogP contribution in [0.4, 0.5) is 0 Å². The van der Waals surface area contributed by atoms with E-state index in [1.807, 2.05) is 6.92 Å². The highest BCUT2D eigenvalue weighted by molar-refractivity contribution is 4.80. The Morgan fingerprint density at radius 1 is 1.27 bits per heavy atom. The molecule has 0 heterocycles. The second kappa shape index (κ2) is 4.07. The van der Waals surface area contributed by atoms with Crippen molar-refractivity contribution in [3.63, 3.8) is 0 Å². The second-order valence-electron chi connectivity index (χ2n) is 3.91. The molecule has 0 spiro atoms. The molecule has 2 nitrogen and oxygen atoms in total. The van der Waals surface area contributed by atoms with Gasteiger partial charge in [0.2, 0.25) is 0 Å². The molecule has 1 saturated carbocycles. The van der Waals surface area contributed by atoms with Crippen molar-refractivity contribution in [3.8, 4) is 0 Å². The monoisotopic (exact) mass is 156 g/mol. The summed E-state index contributed by atoms with van der Waals surface area (Å²) < 4.78 is 0. The molecule has 66 valence electrons. The molecule has 1 aliphatic rings. The van der Waals surface area contributed by atoms with E-state index in [-0.39, 0.29) is 0 Å². The van der Waals surface area contributed by atoms with Crippen LogP contribution >= 0.6 is 0 Å². The normalized spacial score (nSPS) is 24.3. The molecule has 4 N–H and O–H groups in total. The average molecular weight is 156 g/mol. The van der Waals surface area contributed by atoms with Gasteiger partial charge in [-0.1, -0.05) is 6.42 Å². The molecule has 0 aromatic heterocycles. The summed E-state index contributed by atoms with van der Waals surface area (Å²) in [7, 11) is 0. The van der Waals surface area contributed by atoms with Crippen LogP contribution in [0.15, 0.2) is 0 Å². The van der Waals surface area contributed by atoms with Gasteiger partial charge in [-0.2, -0.15) is 0 Å². The molecule has 1 rings (SSSR count). The zero-order valence-corrected chi connectivity index (χ0v) is 7.42. The van der Waals surface area contributed by atoms with Crippen LogP contribution in [0.25, 0.3) is 0 Å². The maximum absolute atomic E-state index is 5.97. The fourth-order valence-electron chi connectivity index (χ4n) is 1.56. The van der Waals surface area contributed by atoms with Crippen molar-refractivity contribution in [2.24, 2.45) is 17.4 Å². The highest BCUT2D eigenvalue weighted by atomic mass is 14.7. The summed E-state index contributed by atoms with van der Waals surface area (Å²) in [6, 6.07) is 0.746. The molecular weight excluding hydrogens is 136 g/mol. The lowest BCUT2D eigenvalue weighted by Gasteiger charge is -2.31. The van der Waals surface area contributed by atoms with E-state index in [2.05, 4.69) is 0 Å². The highest BCUT2D eigenvalue weighted by Gasteiger charge is 2.23. The van der Waals surface area contributed by atoms with E-state index in [0.29, 0.717) is 12.1 Å². The van der Waals surface area contributed by atoms with Crippen molar-refractivity contribution >= 4 is 0 Å². The lowest BCUT2D eigenvalue weighted by molar-refractivity contribution is 0.248. The first-order chi connectivity index (χ1) is 5.20. The van der Waals surface area contributed by atoms with Gasteiger partial charge in [0.05, 0.1) is 0 Å². The molecule has 1 fully saturated rings. The first kappa shape index (κ1) is 9.01. The van der Waals surface area contributed by atoms with Crippen molar-refractivity contribution in [1.82, 2.24) is 0 Å². The third kappa shape index (κ3) is 2.80. The minimum atomic E-state index is 0.320. The van der Waals surface area contributed by atoms with Gasteiger partial charge in [0, 0.05) is 12.1 Å². The van der Waals surface area contributed by atoms with E-state index in [0.717, 1.165) is 18.8 Å². The first-order valence-electron chi connectivity index (χ1n) is 4.71. The largest absolute Gasteiger partial charge is 0.328 e. The molecule has 0 bridgehead atoms. The minimum Gasteiger partial charge on any atom is -0.328 e. The SMILES string of the molecule is CC(N)CCC(N)C1CCC1. The smallest absolute Gasteiger partial charge is 0.00677 e. The number of nitrogens with two attached hydrogens (primary N) is 2. The third-order valence-electron chi connectivity index (χ3n) is 2.71. The predicted octanol–water partition coefficient (Wildman–Crippen LogP) is 1.24. The van der Waals surface area contributed by atoms with E-state index in [4.69, 9.17) is 11.5 Å². The summed E-state index contributed by atoms with van der Waals surface area (Å²) in [5.41, 5.74) is 11.6. The van der Waals surface area contributed by atoms with Crippen LogP contribution in [0.1, 0.15) is 39.0 Å². The maximum atomic E-state index is 5.97. The molecule has 0 aliphatic heterocycles. The molecule has 1 aliphatic carbocycles. The Hall–Kier alpha value is -0.0800. The Bertz CT molecular complexity index is 108. The molecule has 0 aromatic rings. The number of hydrogen-bond donors (Lipinski definition) is 2. The van der Waals surface area contributed by atoms with Gasteiger partial charge in [-0.15, -0.1) is 0 Å². The summed E-state index contributed by atoms with van der Waals surface area (Å²) in [5, 5.41) is 0. The van der Waals surface area contributed by atoms with Crippen LogP contribution in [-0.4, -0.2) is 12.1 Å². The van der Waals surface area contributed by atoms with Gasteiger partial charge in [0.25, 0.3) is 0 Å². The Morgan fingerprint density at radius 3 is 2.27 bits per heavy atom. The van der Waals surface area contributed by atoms with Gasteiger partial charge < -0.3 is 11.5 Å².